The van der Waals surface area contributed by atoms with E-state index in [0.717, 1.165) is 21.0 Å². The summed E-state index contributed by atoms with van der Waals surface area (Å²) in [6, 6.07) is 19.8. The first-order chi connectivity index (χ1) is 18.9. The minimum absolute atomic E-state index is 0.0278. The van der Waals surface area contributed by atoms with Gasteiger partial charge in [0.05, 0.1) is 17.2 Å². The molecule has 3 aromatic rings. The first-order valence-corrected chi connectivity index (χ1v) is 14.8. The first kappa shape index (κ1) is 30.7. The van der Waals surface area contributed by atoms with Crippen molar-refractivity contribution < 1.29 is 22.7 Å². The van der Waals surface area contributed by atoms with E-state index in [1.807, 2.05) is 58.9 Å². The van der Waals surface area contributed by atoms with Crippen molar-refractivity contribution >= 4 is 27.5 Å². The van der Waals surface area contributed by atoms with Gasteiger partial charge in [0.25, 0.3) is 10.0 Å². The quantitative estimate of drug-likeness (QED) is 0.339. The van der Waals surface area contributed by atoms with Gasteiger partial charge < -0.3 is 15.0 Å². The van der Waals surface area contributed by atoms with Crippen LogP contribution in [-0.2, 0) is 26.2 Å². The van der Waals surface area contributed by atoms with Crippen LogP contribution in [0.25, 0.3) is 0 Å². The summed E-state index contributed by atoms with van der Waals surface area (Å²) in [5.74, 6) is -0.262. The number of amides is 2. The summed E-state index contributed by atoms with van der Waals surface area (Å²) in [4.78, 5) is 28.4. The highest BCUT2D eigenvalue weighted by molar-refractivity contribution is 7.92. The van der Waals surface area contributed by atoms with Crippen molar-refractivity contribution in [2.45, 2.75) is 65.1 Å². The monoisotopic (exact) mass is 565 g/mol. The molecule has 0 aliphatic heterocycles. The summed E-state index contributed by atoms with van der Waals surface area (Å²) in [6.07, 6.45) is 0. The Morgan fingerprint density at radius 2 is 1.40 bits per heavy atom. The number of aryl methyl sites for hydroxylation is 2. The topological polar surface area (TPSA) is 96.0 Å². The van der Waals surface area contributed by atoms with E-state index in [1.165, 1.54) is 17.0 Å². The van der Waals surface area contributed by atoms with E-state index < -0.39 is 28.5 Å². The Balaban J connectivity index is 2.01. The summed E-state index contributed by atoms with van der Waals surface area (Å²) in [7, 11) is -4.14. The molecule has 0 aliphatic rings. The lowest BCUT2D eigenvalue weighted by Gasteiger charge is -2.32. The van der Waals surface area contributed by atoms with Gasteiger partial charge in [-0.15, -0.1) is 0 Å². The van der Waals surface area contributed by atoms with Crippen molar-refractivity contribution in [3.63, 3.8) is 0 Å². The molecule has 8 nitrogen and oxygen atoms in total. The molecule has 0 spiro atoms. The minimum Gasteiger partial charge on any atom is -0.494 e. The highest BCUT2D eigenvalue weighted by Crippen LogP contribution is 2.26. The number of nitrogens with zero attached hydrogens (tertiary/aromatic N) is 2. The molecule has 0 fully saturated rings. The molecule has 0 bridgehead atoms. The van der Waals surface area contributed by atoms with Crippen LogP contribution in [0.1, 0.15) is 44.4 Å². The Morgan fingerprint density at radius 3 is 1.93 bits per heavy atom. The molecule has 1 N–H and O–H groups in total. The van der Waals surface area contributed by atoms with Crippen molar-refractivity contribution in [3.05, 3.63) is 89.5 Å². The number of anilines is 1. The highest BCUT2D eigenvalue weighted by atomic mass is 32.2. The lowest BCUT2D eigenvalue weighted by atomic mass is 10.1. The molecule has 3 rings (SSSR count). The average molecular weight is 566 g/mol. The molecule has 3 aromatic carbocycles. The average Bonchev–Trinajstić information content (AvgIpc) is 2.91. The van der Waals surface area contributed by atoms with Gasteiger partial charge in [-0.05, 0) is 83.5 Å². The zero-order valence-corrected chi connectivity index (χ0v) is 24.9. The Hall–Kier alpha value is -3.85. The molecule has 0 heterocycles. The van der Waals surface area contributed by atoms with Crippen LogP contribution in [0.3, 0.4) is 0 Å². The van der Waals surface area contributed by atoms with Crippen LogP contribution in [0.5, 0.6) is 5.75 Å². The fourth-order valence-corrected chi connectivity index (χ4v) is 5.53. The van der Waals surface area contributed by atoms with Crippen LogP contribution in [0.4, 0.5) is 5.69 Å². The molecule has 0 saturated heterocycles. The summed E-state index contributed by atoms with van der Waals surface area (Å²) in [5, 5.41) is 2.86. The Morgan fingerprint density at radius 1 is 0.850 bits per heavy atom. The molecule has 40 heavy (non-hydrogen) atoms. The number of sulfonamides is 1. The van der Waals surface area contributed by atoms with Crippen LogP contribution >= 0.6 is 0 Å². The number of hydrogen-bond donors (Lipinski definition) is 1. The predicted molar refractivity (Wildman–Crippen MR) is 158 cm³/mol. The number of nitrogens with one attached hydrogen (secondary N) is 1. The normalized spacial score (nSPS) is 12.1. The van der Waals surface area contributed by atoms with E-state index in [2.05, 4.69) is 5.32 Å². The van der Waals surface area contributed by atoms with Crippen molar-refractivity contribution in [3.8, 4) is 5.75 Å². The molecule has 0 saturated carbocycles. The third kappa shape index (κ3) is 7.85. The molecule has 1 atom stereocenters. The largest absolute Gasteiger partial charge is 0.494 e. The smallest absolute Gasteiger partial charge is 0.264 e. The number of carbonyl (C=O) groups is 2. The van der Waals surface area contributed by atoms with E-state index in [-0.39, 0.29) is 23.4 Å². The maximum absolute atomic E-state index is 13.9. The van der Waals surface area contributed by atoms with Gasteiger partial charge in [-0.25, -0.2) is 8.42 Å². The van der Waals surface area contributed by atoms with E-state index in [4.69, 9.17) is 4.74 Å². The third-order valence-electron chi connectivity index (χ3n) is 6.40. The van der Waals surface area contributed by atoms with Gasteiger partial charge in [0.1, 0.15) is 18.3 Å². The summed E-state index contributed by atoms with van der Waals surface area (Å²) < 4.78 is 34.4. The van der Waals surface area contributed by atoms with Crippen molar-refractivity contribution in [1.29, 1.82) is 0 Å². The molecule has 0 aromatic heterocycles. The third-order valence-corrected chi connectivity index (χ3v) is 8.18. The first-order valence-electron chi connectivity index (χ1n) is 13.4. The number of carbonyl (C=O) groups excluding carboxylic acids is 2. The second-order valence-corrected chi connectivity index (χ2v) is 12.0. The fourth-order valence-electron chi connectivity index (χ4n) is 4.12. The van der Waals surface area contributed by atoms with E-state index in [1.54, 1.807) is 43.3 Å². The van der Waals surface area contributed by atoms with Crippen molar-refractivity contribution in [2.24, 2.45) is 0 Å². The molecular formula is C31H39N3O5S. The predicted octanol–water partition coefficient (Wildman–Crippen LogP) is 4.84. The van der Waals surface area contributed by atoms with Crippen molar-refractivity contribution in [2.75, 3.05) is 17.5 Å². The lowest BCUT2D eigenvalue weighted by Crippen LogP contribution is -2.52. The number of ether oxygens (including phenoxy) is 1. The van der Waals surface area contributed by atoms with Gasteiger partial charge in [0, 0.05) is 12.6 Å². The van der Waals surface area contributed by atoms with Gasteiger partial charge in [-0.1, -0.05) is 47.5 Å². The second kappa shape index (κ2) is 13.5. The summed E-state index contributed by atoms with van der Waals surface area (Å²) in [5.41, 5.74) is 3.20. The maximum Gasteiger partial charge on any atom is 0.264 e. The van der Waals surface area contributed by atoms with Crippen molar-refractivity contribution in [1.82, 2.24) is 10.2 Å². The molecule has 0 unspecified atom stereocenters. The molecule has 2 amide bonds. The second-order valence-electron chi connectivity index (χ2n) is 10.1. The zero-order valence-electron chi connectivity index (χ0n) is 24.0. The zero-order chi connectivity index (χ0) is 29.4. The van der Waals surface area contributed by atoms with Crippen LogP contribution < -0.4 is 14.4 Å². The summed E-state index contributed by atoms with van der Waals surface area (Å²) >= 11 is 0. The SMILES string of the molecule is CCOc1ccc(S(=O)(=O)N(CC(=O)N(Cc2ccc(C)cc2)[C@H](C)C(=O)NC(C)C)c2ccc(C)cc2)cc1. The Kier molecular flexibility index (Phi) is 10.3. The van der Waals surface area contributed by atoms with Gasteiger partial charge in [0.15, 0.2) is 0 Å². The standard InChI is InChI=1S/C31H39N3O5S/c1-7-39-28-16-18-29(19-17-28)40(37,38)34(27-14-10-24(5)11-15-27)21-30(35)33(25(6)31(36)32-22(2)3)20-26-12-8-23(4)9-13-26/h8-19,22,25H,7,20-21H2,1-6H3,(H,32,36)/t25-/m1/s1. The lowest BCUT2D eigenvalue weighted by molar-refractivity contribution is -0.139. The van der Waals surface area contributed by atoms with Gasteiger partial charge in [-0.3, -0.25) is 13.9 Å². The van der Waals surface area contributed by atoms with Crippen LogP contribution in [0, 0.1) is 13.8 Å². The van der Waals surface area contributed by atoms with Crippen LogP contribution in [-0.4, -0.2) is 50.4 Å². The van der Waals surface area contributed by atoms with E-state index in [9.17, 15) is 18.0 Å². The minimum atomic E-state index is -4.14. The van der Waals surface area contributed by atoms with Gasteiger partial charge in [-0.2, -0.15) is 0 Å². The van der Waals surface area contributed by atoms with Gasteiger partial charge >= 0.3 is 0 Å². The van der Waals surface area contributed by atoms with E-state index in [0.29, 0.717) is 18.0 Å². The highest BCUT2D eigenvalue weighted by Gasteiger charge is 2.32. The molecule has 214 valence electrons. The van der Waals surface area contributed by atoms with E-state index >= 15 is 0 Å². The number of rotatable bonds is 12. The molecule has 9 heteroatoms. The number of benzene rings is 3. The van der Waals surface area contributed by atoms with Crippen LogP contribution in [0.2, 0.25) is 0 Å². The molecular weight excluding hydrogens is 526 g/mol. The fraction of sp³-hybridized carbons (Fsp3) is 0.355. The van der Waals surface area contributed by atoms with Crippen LogP contribution in [0.15, 0.2) is 77.7 Å². The Labute approximate surface area is 238 Å². The maximum atomic E-state index is 13.9. The Bertz CT molecular complexity index is 1390. The molecule has 0 aliphatic carbocycles. The number of hydrogen-bond acceptors (Lipinski definition) is 5. The summed E-state index contributed by atoms with van der Waals surface area (Å²) in [6.45, 7) is 11.2. The molecule has 0 radical (unpaired) electrons. The van der Waals surface area contributed by atoms with Gasteiger partial charge in [0.2, 0.25) is 11.8 Å².